The van der Waals surface area contributed by atoms with Crippen LogP contribution in [0.25, 0.3) is 22.3 Å². The average molecular weight is 327 g/mol. The Kier molecular flexibility index (Phi) is 4.52. The Morgan fingerprint density at radius 2 is 1.83 bits per heavy atom. The summed E-state index contributed by atoms with van der Waals surface area (Å²) in [5, 5.41) is 0. The maximum atomic E-state index is 13.1. The Labute approximate surface area is 139 Å². The van der Waals surface area contributed by atoms with E-state index in [0.29, 0.717) is 30.0 Å². The third-order valence-corrected chi connectivity index (χ3v) is 3.67. The monoisotopic (exact) mass is 327 g/mol. The Morgan fingerprint density at radius 3 is 2.54 bits per heavy atom. The molecule has 6 nitrogen and oxygen atoms in total. The molecule has 24 heavy (non-hydrogen) atoms. The second-order valence-electron chi connectivity index (χ2n) is 5.39. The van der Waals surface area contributed by atoms with Crippen LogP contribution in [0.5, 0.6) is 0 Å². The second kappa shape index (κ2) is 6.76. The van der Waals surface area contributed by atoms with Gasteiger partial charge >= 0.3 is 0 Å². The third kappa shape index (κ3) is 3.26. The van der Waals surface area contributed by atoms with Gasteiger partial charge in [-0.05, 0) is 36.4 Å². The molecule has 3 aromatic rings. The molecule has 0 amide bonds. The van der Waals surface area contributed by atoms with Crippen molar-refractivity contribution in [3.8, 4) is 11.3 Å². The Hall–Kier alpha value is -2.80. The summed E-state index contributed by atoms with van der Waals surface area (Å²) in [4.78, 5) is 15.1. The molecule has 0 bridgehead atoms. The van der Waals surface area contributed by atoms with Crippen LogP contribution in [0.3, 0.4) is 0 Å². The molecule has 0 saturated heterocycles. The molecule has 0 fully saturated rings. The van der Waals surface area contributed by atoms with Gasteiger partial charge < -0.3 is 15.4 Å². The van der Waals surface area contributed by atoms with Crippen LogP contribution in [0.1, 0.15) is 0 Å². The molecule has 0 aliphatic rings. The van der Waals surface area contributed by atoms with E-state index in [0.717, 1.165) is 11.3 Å². The summed E-state index contributed by atoms with van der Waals surface area (Å²) >= 11 is 0. The number of ether oxygens (including phenoxy) is 1. The standard InChI is InChI=1S/C17H18FN5O/c1-23(9-10-24-2)16-15-14(21-17(19)22-16)8-7-13(20-15)11-3-5-12(18)6-4-11/h3-8H,9-10H2,1-2H3,(H2,19,21,22). The highest BCUT2D eigenvalue weighted by Crippen LogP contribution is 2.26. The van der Waals surface area contributed by atoms with Crippen molar-refractivity contribution >= 4 is 22.8 Å². The molecular weight excluding hydrogens is 309 g/mol. The summed E-state index contributed by atoms with van der Waals surface area (Å²) in [6.45, 7) is 1.20. The van der Waals surface area contributed by atoms with E-state index in [-0.39, 0.29) is 11.8 Å². The topological polar surface area (TPSA) is 77.2 Å². The van der Waals surface area contributed by atoms with E-state index >= 15 is 0 Å². The lowest BCUT2D eigenvalue weighted by Crippen LogP contribution is -2.24. The van der Waals surface area contributed by atoms with E-state index in [1.165, 1.54) is 12.1 Å². The van der Waals surface area contributed by atoms with Gasteiger partial charge in [0.25, 0.3) is 0 Å². The number of nitrogens with two attached hydrogens (primary N) is 1. The van der Waals surface area contributed by atoms with E-state index in [1.54, 1.807) is 19.2 Å². The van der Waals surface area contributed by atoms with Gasteiger partial charge in [0, 0.05) is 26.3 Å². The number of hydrogen-bond acceptors (Lipinski definition) is 6. The summed E-state index contributed by atoms with van der Waals surface area (Å²) < 4.78 is 18.2. The van der Waals surface area contributed by atoms with Crippen molar-refractivity contribution < 1.29 is 9.13 Å². The molecule has 0 aliphatic carbocycles. The van der Waals surface area contributed by atoms with E-state index in [4.69, 9.17) is 10.5 Å². The molecule has 1 aromatic carbocycles. The van der Waals surface area contributed by atoms with Gasteiger partial charge in [-0.15, -0.1) is 0 Å². The average Bonchev–Trinajstić information content (AvgIpc) is 2.59. The summed E-state index contributed by atoms with van der Waals surface area (Å²) in [6.07, 6.45) is 0. The molecule has 7 heteroatoms. The van der Waals surface area contributed by atoms with E-state index < -0.39 is 0 Å². The lowest BCUT2D eigenvalue weighted by Gasteiger charge is -2.19. The van der Waals surface area contributed by atoms with Crippen LogP contribution in [0.2, 0.25) is 0 Å². The normalized spacial score (nSPS) is 11.0. The smallest absolute Gasteiger partial charge is 0.222 e. The van der Waals surface area contributed by atoms with Gasteiger partial charge in [-0.25, -0.2) is 14.4 Å². The first-order valence-corrected chi connectivity index (χ1v) is 7.49. The molecule has 0 spiro atoms. The maximum absolute atomic E-state index is 13.1. The Balaban J connectivity index is 2.09. The number of fused-ring (bicyclic) bond motifs is 1. The summed E-state index contributed by atoms with van der Waals surface area (Å²) in [5.41, 5.74) is 8.65. The van der Waals surface area contributed by atoms with Crippen molar-refractivity contribution in [3.63, 3.8) is 0 Å². The van der Waals surface area contributed by atoms with Gasteiger partial charge in [0.1, 0.15) is 11.3 Å². The second-order valence-corrected chi connectivity index (χ2v) is 5.39. The summed E-state index contributed by atoms with van der Waals surface area (Å²) in [7, 11) is 3.54. The molecule has 0 saturated carbocycles. The molecule has 2 heterocycles. The first-order valence-electron chi connectivity index (χ1n) is 7.49. The van der Waals surface area contributed by atoms with Crippen LogP contribution in [0, 0.1) is 5.82 Å². The number of aromatic nitrogens is 3. The first kappa shape index (κ1) is 16.1. The fourth-order valence-corrected chi connectivity index (χ4v) is 2.40. The van der Waals surface area contributed by atoms with Crippen LogP contribution < -0.4 is 10.6 Å². The van der Waals surface area contributed by atoms with Crippen molar-refractivity contribution in [3.05, 3.63) is 42.2 Å². The van der Waals surface area contributed by atoms with Crippen molar-refractivity contribution in [2.24, 2.45) is 0 Å². The number of likely N-dealkylation sites (N-methyl/N-ethyl adjacent to an activating group) is 1. The quantitative estimate of drug-likeness (QED) is 0.776. The number of methoxy groups -OCH3 is 1. The van der Waals surface area contributed by atoms with Crippen molar-refractivity contribution in [1.82, 2.24) is 15.0 Å². The molecule has 2 aromatic heterocycles. The predicted molar refractivity (Wildman–Crippen MR) is 92.3 cm³/mol. The van der Waals surface area contributed by atoms with E-state index in [1.807, 2.05) is 24.1 Å². The highest BCUT2D eigenvalue weighted by molar-refractivity contribution is 5.88. The van der Waals surface area contributed by atoms with Crippen molar-refractivity contribution in [2.45, 2.75) is 0 Å². The summed E-state index contributed by atoms with van der Waals surface area (Å²) in [5.74, 6) is 0.548. The number of nitrogen functional groups attached to an aromatic ring is 1. The number of hydrogen-bond donors (Lipinski definition) is 1. The zero-order valence-electron chi connectivity index (χ0n) is 13.5. The minimum Gasteiger partial charge on any atom is -0.383 e. The zero-order valence-corrected chi connectivity index (χ0v) is 13.5. The van der Waals surface area contributed by atoms with E-state index in [9.17, 15) is 4.39 Å². The highest BCUT2D eigenvalue weighted by atomic mass is 19.1. The van der Waals surface area contributed by atoms with Crippen molar-refractivity contribution in [2.75, 3.05) is 37.9 Å². The number of halogens is 1. The lowest BCUT2D eigenvalue weighted by molar-refractivity contribution is 0.206. The van der Waals surface area contributed by atoms with Crippen LogP contribution in [-0.4, -0.2) is 42.3 Å². The SMILES string of the molecule is COCCN(C)c1nc(N)nc2ccc(-c3ccc(F)cc3)nc12. The number of rotatable bonds is 5. The lowest BCUT2D eigenvalue weighted by atomic mass is 10.1. The van der Waals surface area contributed by atoms with Gasteiger partial charge in [0.2, 0.25) is 5.95 Å². The number of anilines is 2. The van der Waals surface area contributed by atoms with Crippen LogP contribution in [0.4, 0.5) is 16.2 Å². The van der Waals surface area contributed by atoms with Gasteiger partial charge in [-0.2, -0.15) is 4.98 Å². The summed E-state index contributed by atoms with van der Waals surface area (Å²) in [6, 6.07) is 9.87. The van der Waals surface area contributed by atoms with Crippen molar-refractivity contribution in [1.29, 1.82) is 0 Å². The Bertz CT molecular complexity index is 853. The fraction of sp³-hybridized carbons (Fsp3) is 0.235. The minimum absolute atomic E-state index is 0.193. The van der Waals surface area contributed by atoms with Gasteiger partial charge in [-0.1, -0.05) is 0 Å². The minimum atomic E-state index is -0.282. The zero-order chi connectivity index (χ0) is 17.1. The molecule has 2 N–H and O–H groups in total. The first-order chi connectivity index (χ1) is 11.6. The van der Waals surface area contributed by atoms with E-state index in [2.05, 4.69) is 15.0 Å². The molecule has 0 radical (unpaired) electrons. The number of benzene rings is 1. The van der Waals surface area contributed by atoms with Gasteiger partial charge in [0.05, 0.1) is 17.8 Å². The molecule has 124 valence electrons. The molecule has 0 aliphatic heterocycles. The van der Waals surface area contributed by atoms with Gasteiger partial charge in [-0.3, -0.25) is 0 Å². The van der Waals surface area contributed by atoms with Crippen LogP contribution >= 0.6 is 0 Å². The third-order valence-electron chi connectivity index (χ3n) is 3.67. The largest absolute Gasteiger partial charge is 0.383 e. The highest BCUT2D eigenvalue weighted by Gasteiger charge is 2.13. The van der Waals surface area contributed by atoms with Crippen LogP contribution in [0.15, 0.2) is 36.4 Å². The predicted octanol–water partition coefficient (Wildman–Crippen LogP) is 2.50. The molecule has 0 atom stereocenters. The van der Waals surface area contributed by atoms with Gasteiger partial charge in [0.15, 0.2) is 5.82 Å². The fourth-order valence-electron chi connectivity index (χ4n) is 2.40. The molecular formula is C17H18FN5O. The van der Waals surface area contributed by atoms with Crippen LogP contribution in [-0.2, 0) is 4.74 Å². The number of nitrogens with zero attached hydrogens (tertiary/aromatic N) is 4. The molecule has 3 rings (SSSR count). The Morgan fingerprint density at radius 1 is 1.08 bits per heavy atom. The number of pyridine rings is 1. The molecule has 0 unspecified atom stereocenters. The maximum Gasteiger partial charge on any atom is 0.222 e.